The molecule has 14 nitrogen and oxygen atoms in total. The summed E-state index contributed by atoms with van der Waals surface area (Å²) in [7, 11) is 1.39. The summed E-state index contributed by atoms with van der Waals surface area (Å²) < 4.78 is 28.4. The van der Waals surface area contributed by atoms with Gasteiger partial charge in [0, 0.05) is 12.1 Å². The second kappa shape index (κ2) is 12.2. The van der Waals surface area contributed by atoms with E-state index in [1.165, 1.54) is 25.3 Å². The van der Waals surface area contributed by atoms with Crippen LogP contribution >= 0.6 is 0 Å². The maximum Gasteiger partial charge on any atom is 0.229 e. The quantitative estimate of drug-likeness (QED) is 0.201. The smallest absolute Gasteiger partial charge is 0.229 e. The van der Waals surface area contributed by atoms with Gasteiger partial charge < -0.3 is 64.2 Å². The minimum atomic E-state index is -1.75. The van der Waals surface area contributed by atoms with Crippen molar-refractivity contribution < 1.29 is 69.0 Å². The van der Waals surface area contributed by atoms with Gasteiger partial charge in [-0.3, -0.25) is 4.79 Å². The van der Waals surface area contributed by atoms with Gasteiger partial charge in [-0.05, 0) is 30.0 Å². The fraction of sp³-hybridized carbons (Fsp3) is 0.517. The molecule has 0 radical (unpaired) electrons. The fourth-order valence-corrected chi connectivity index (χ4v) is 5.67. The van der Waals surface area contributed by atoms with Crippen molar-refractivity contribution in [1.82, 2.24) is 0 Å². The summed E-state index contributed by atoms with van der Waals surface area (Å²) in [6, 6.07) is 6.90. The molecule has 1 saturated heterocycles. The molecule has 0 spiro atoms. The van der Waals surface area contributed by atoms with Crippen LogP contribution in [0.4, 0.5) is 0 Å². The highest BCUT2D eigenvalue weighted by Crippen LogP contribution is 2.44. The molecule has 43 heavy (non-hydrogen) atoms. The molecule has 234 valence electrons. The van der Waals surface area contributed by atoms with E-state index in [1.807, 2.05) is 0 Å². The number of phenolic OH excluding ortho intramolecular Hbond substituents is 2. The summed E-state index contributed by atoms with van der Waals surface area (Å²) in [4.78, 5) is 24.6. The van der Waals surface area contributed by atoms with Crippen LogP contribution in [0.3, 0.4) is 0 Å². The van der Waals surface area contributed by atoms with Crippen molar-refractivity contribution in [1.29, 1.82) is 0 Å². The molecular weight excluding hydrogens is 572 g/mol. The number of aldehydes is 1. The Hall–Kier alpha value is -3.50. The van der Waals surface area contributed by atoms with Crippen LogP contribution in [0.25, 0.3) is 0 Å². The van der Waals surface area contributed by atoms with Crippen molar-refractivity contribution in [2.45, 2.75) is 81.0 Å². The maximum absolute atomic E-state index is 13.0. The number of Topliss-reactive ketones (excluding diaryl/α,β-unsaturated/α-hetero) is 1. The van der Waals surface area contributed by atoms with Gasteiger partial charge in [-0.25, -0.2) is 0 Å². The minimum absolute atomic E-state index is 0.0546. The minimum Gasteiger partial charge on any atom is -0.507 e. The molecule has 0 aromatic heterocycles. The Morgan fingerprint density at radius 3 is 2.35 bits per heavy atom. The van der Waals surface area contributed by atoms with Crippen LogP contribution in [-0.4, -0.2) is 110 Å². The Balaban J connectivity index is 1.42. The molecular formula is C29H34O14. The van der Waals surface area contributed by atoms with Gasteiger partial charge in [-0.2, -0.15) is 0 Å². The summed E-state index contributed by atoms with van der Waals surface area (Å²) in [5.74, 6) is -1.53. The number of rotatable bonds is 7. The van der Waals surface area contributed by atoms with Gasteiger partial charge >= 0.3 is 0 Å². The highest BCUT2D eigenvalue weighted by molar-refractivity contribution is 6.02. The number of aliphatic hydroxyl groups excluding tert-OH is 5. The van der Waals surface area contributed by atoms with Gasteiger partial charge in [0.2, 0.25) is 6.29 Å². The third kappa shape index (κ3) is 5.87. The molecule has 10 unspecified atom stereocenters. The van der Waals surface area contributed by atoms with Crippen LogP contribution in [0.2, 0.25) is 0 Å². The van der Waals surface area contributed by atoms with Gasteiger partial charge in [0.05, 0.1) is 25.7 Å². The molecule has 1 aliphatic carbocycles. The van der Waals surface area contributed by atoms with Crippen molar-refractivity contribution in [3.8, 4) is 28.7 Å². The van der Waals surface area contributed by atoms with E-state index in [2.05, 4.69) is 0 Å². The van der Waals surface area contributed by atoms with Crippen LogP contribution < -0.4 is 14.2 Å². The van der Waals surface area contributed by atoms with E-state index in [-0.39, 0.29) is 47.7 Å². The van der Waals surface area contributed by atoms with Crippen molar-refractivity contribution in [2.75, 3.05) is 7.11 Å². The number of benzene rings is 2. The standard InChI is InChI=1S/C29H34O14/c1-11-5-20(24(35)26(37)23(11)34)42-28-27(38)25(36)21(10-30)43-29(28)40-13-7-15(32)22-16(33)9-18(41-19(22)8-13)12-3-4-17(39-2)14(31)6-12/h3-4,6-8,10-11,18,20-21,23-29,31-32,34-38H,5,9H2,1-2H3/t11?,18-,20?,21?,23?,24?,25?,26?,27?,28?,29?/m0/s1. The lowest BCUT2D eigenvalue weighted by Gasteiger charge is -2.45. The van der Waals surface area contributed by atoms with E-state index in [0.717, 1.165) is 6.07 Å². The third-order valence-electron chi connectivity index (χ3n) is 8.12. The number of aliphatic hydroxyl groups is 5. The molecule has 1 saturated carbocycles. The Kier molecular flexibility index (Phi) is 8.81. The molecule has 14 heteroatoms. The van der Waals surface area contributed by atoms with Gasteiger partial charge in [-0.15, -0.1) is 0 Å². The van der Waals surface area contributed by atoms with E-state index >= 15 is 0 Å². The number of ether oxygens (including phenoxy) is 5. The van der Waals surface area contributed by atoms with Crippen molar-refractivity contribution in [3.05, 3.63) is 41.5 Å². The molecule has 2 fully saturated rings. The lowest BCUT2D eigenvalue weighted by molar-refractivity contribution is -0.296. The molecule has 2 aromatic carbocycles. The molecule has 5 rings (SSSR count). The summed E-state index contributed by atoms with van der Waals surface area (Å²) >= 11 is 0. The number of hydrogen-bond donors (Lipinski definition) is 7. The Morgan fingerprint density at radius 1 is 0.930 bits per heavy atom. The summed E-state index contributed by atoms with van der Waals surface area (Å²) in [6.45, 7) is 1.63. The highest BCUT2D eigenvalue weighted by Gasteiger charge is 2.50. The number of carbonyl (C=O) groups is 2. The highest BCUT2D eigenvalue weighted by atomic mass is 16.7. The monoisotopic (exact) mass is 606 g/mol. The SMILES string of the molecule is COc1ccc([C@@H]2CC(=O)c3c(O)cc(OC4OC(C=O)C(O)C(O)C4OC4CC(C)C(O)C(O)C4O)cc3O2)cc1O. The van der Waals surface area contributed by atoms with E-state index in [1.54, 1.807) is 13.0 Å². The van der Waals surface area contributed by atoms with Crippen LogP contribution in [-0.2, 0) is 14.3 Å². The predicted octanol–water partition coefficient (Wildman–Crippen LogP) is -0.286. The molecule has 2 aromatic rings. The second-order valence-corrected chi connectivity index (χ2v) is 11.0. The molecule has 0 amide bonds. The normalized spacial score (nSPS) is 35.9. The van der Waals surface area contributed by atoms with E-state index < -0.39 is 78.7 Å². The maximum atomic E-state index is 13.0. The second-order valence-electron chi connectivity index (χ2n) is 11.0. The topological polar surface area (TPSA) is 222 Å². The number of ketones is 1. The first-order valence-corrected chi connectivity index (χ1v) is 13.7. The van der Waals surface area contributed by atoms with E-state index in [4.69, 9.17) is 23.7 Å². The average molecular weight is 607 g/mol. The van der Waals surface area contributed by atoms with Crippen LogP contribution in [0.5, 0.6) is 28.7 Å². The van der Waals surface area contributed by atoms with Crippen molar-refractivity contribution >= 4 is 12.1 Å². The zero-order chi connectivity index (χ0) is 31.2. The van der Waals surface area contributed by atoms with E-state index in [9.17, 15) is 45.3 Å². The number of carbonyl (C=O) groups excluding carboxylic acids is 2. The van der Waals surface area contributed by atoms with Gasteiger partial charge in [-0.1, -0.05) is 13.0 Å². The lowest BCUT2D eigenvalue weighted by Crippen LogP contribution is -2.63. The third-order valence-corrected chi connectivity index (χ3v) is 8.12. The van der Waals surface area contributed by atoms with Gasteiger partial charge in [0.15, 0.2) is 23.6 Å². The predicted molar refractivity (Wildman–Crippen MR) is 143 cm³/mol. The first kappa shape index (κ1) is 30.9. The number of methoxy groups -OCH3 is 1. The van der Waals surface area contributed by atoms with Crippen molar-refractivity contribution in [3.63, 3.8) is 0 Å². The largest absolute Gasteiger partial charge is 0.507 e. The summed E-state index contributed by atoms with van der Waals surface area (Å²) in [6.07, 6.45) is -14.2. The summed E-state index contributed by atoms with van der Waals surface area (Å²) in [5.41, 5.74) is 0.359. The molecule has 7 N–H and O–H groups in total. The Labute approximate surface area is 245 Å². The number of fused-ring (bicyclic) bond motifs is 1. The van der Waals surface area contributed by atoms with Crippen LogP contribution in [0, 0.1) is 5.92 Å². The molecule has 2 aliphatic heterocycles. The van der Waals surface area contributed by atoms with Crippen LogP contribution in [0.1, 0.15) is 41.8 Å². The number of hydrogen-bond acceptors (Lipinski definition) is 14. The molecule has 11 atom stereocenters. The Bertz CT molecular complexity index is 1350. The molecule has 0 bridgehead atoms. The number of phenols is 2. The van der Waals surface area contributed by atoms with E-state index in [0.29, 0.717) is 5.56 Å². The summed E-state index contributed by atoms with van der Waals surface area (Å²) in [5, 5.41) is 73.0. The van der Waals surface area contributed by atoms with Crippen molar-refractivity contribution in [2.24, 2.45) is 5.92 Å². The lowest BCUT2D eigenvalue weighted by atomic mass is 9.81. The zero-order valence-corrected chi connectivity index (χ0v) is 23.2. The molecule has 2 heterocycles. The van der Waals surface area contributed by atoms with Gasteiger partial charge in [0.25, 0.3) is 0 Å². The average Bonchev–Trinajstić information content (AvgIpc) is 2.97. The Morgan fingerprint density at radius 2 is 1.67 bits per heavy atom. The zero-order valence-electron chi connectivity index (χ0n) is 23.2. The number of aromatic hydroxyl groups is 2. The fourth-order valence-electron chi connectivity index (χ4n) is 5.67. The molecule has 3 aliphatic rings. The van der Waals surface area contributed by atoms with Gasteiger partial charge in [0.1, 0.15) is 65.5 Å². The van der Waals surface area contributed by atoms with Crippen LogP contribution in [0.15, 0.2) is 30.3 Å². The first-order valence-electron chi connectivity index (χ1n) is 13.7. The first-order chi connectivity index (χ1) is 20.4.